The molecule has 1 unspecified atom stereocenters. The van der Waals surface area contributed by atoms with Gasteiger partial charge in [0.05, 0.1) is 52.1 Å². The first-order chi connectivity index (χ1) is 29.2. The van der Waals surface area contributed by atoms with Crippen LogP contribution in [0.25, 0.3) is 32.3 Å². The minimum absolute atomic E-state index is 0.138. The zero-order valence-corrected chi connectivity index (χ0v) is 36.1. The topological polar surface area (TPSA) is 82.4 Å². The quantitative estimate of drug-likeness (QED) is 0.0389. The molecule has 1 heterocycles. The molecule has 60 heavy (non-hydrogen) atoms. The largest absolute Gasteiger partial charge is 0.497 e. The van der Waals surface area contributed by atoms with Gasteiger partial charge < -0.3 is 28.0 Å². The van der Waals surface area contributed by atoms with E-state index in [4.69, 9.17) is 28.0 Å². The van der Waals surface area contributed by atoms with Gasteiger partial charge in [-0.15, -0.1) is 0 Å². The summed E-state index contributed by atoms with van der Waals surface area (Å²) in [5.41, 5.74) is 2.91. The lowest BCUT2D eigenvalue weighted by molar-refractivity contribution is -0.0804. The van der Waals surface area contributed by atoms with Gasteiger partial charge in [0.25, 0.3) is 8.53 Å². The van der Waals surface area contributed by atoms with E-state index in [1.165, 1.54) is 32.3 Å². The van der Waals surface area contributed by atoms with Gasteiger partial charge in [0, 0.05) is 18.5 Å². The van der Waals surface area contributed by atoms with Gasteiger partial charge in [0.1, 0.15) is 23.2 Å². The molecular formula is C51H53N2O6P. The van der Waals surface area contributed by atoms with Crippen molar-refractivity contribution >= 4 is 40.8 Å². The highest BCUT2D eigenvalue weighted by atomic mass is 31.2. The normalized spacial score (nSPS) is 17.6. The van der Waals surface area contributed by atoms with Gasteiger partial charge in [-0.05, 0) is 107 Å². The van der Waals surface area contributed by atoms with Crippen molar-refractivity contribution in [1.29, 1.82) is 5.26 Å². The Morgan fingerprint density at radius 1 is 0.700 bits per heavy atom. The second-order valence-electron chi connectivity index (χ2n) is 15.9. The molecule has 8 rings (SSSR count). The lowest BCUT2D eigenvalue weighted by atomic mass is 9.80. The van der Waals surface area contributed by atoms with Gasteiger partial charge in [-0.25, -0.2) is 4.67 Å². The smallest absolute Gasteiger partial charge is 0.259 e. The van der Waals surface area contributed by atoms with E-state index in [-0.39, 0.29) is 37.8 Å². The number of rotatable bonds is 17. The van der Waals surface area contributed by atoms with Crippen molar-refractivity contribution in [3.63, 3.8) is 0 Å². The lowest BCUT2D eigenvalue weighted by Gasteiger charge is -2.39. The Bertz CT molecular complexity index is 2470. The third-order valence-corrected chi connectivity index (χ3v) is 13.8. The van der Waals surface area contributed by atoms with Gasteiger partial charge in [-0.2, -0.15) is 5.26 Å². The monoisotopic (exact) mass is 820 g/mol. The molecule has 7 aromatic carbocycles. The van der Waals surface area contributed by atoms with Crippen molar-refractivity contribution in [2.45, 2.75) is 76.5 Å². The molecule has 0 bridgehead atoms. The first kappa shape index (κ1) is 41.6. The molecule has 4 atom stereocenters. The Morgan fingerprint density at radius 3 is 1.85 bits per heavy atom. The van der Waals surface area contributed by atoms with Crippen LogP contribution >= 0.6 is 8.53 Å². The van der Waals surface area contributed by atoms with Gasteiger partial charge in [-0.3, -0.25) is 0 Å². The second-order valence-corrected chi connectivity index (χ2v) is 17.3. The summed E-state index contributed by atoms with van der Waals surface area (Å²) in [6.45, 7) is 9.10. The fourth-order valence-electron chi connectivity index (χ4n) is 8.90. The van der Waals surface area contributed by atoms with Crippen LogP contribution < -0.4 is 9.47 Å². The zero-order valence-electron chi connectivity index (χ0n) is 35.2. The highest BCUT2D eigenvalue weighted by molar-refractivity contribution is 7.44. The van der Waals surface area contributed by atoms with E-state index in [2.05, 4.69) is 129 Å². The third-order valence-electron chi connectivity index (χ3n) is 11.6. The molecule has 8 nitrogen and oxygen atoms in total. The predicted molar refractivity (Wildman–Crippen MR) is 241 cm³/mol. The fourth-order valence-corrected chi connectivity index (χ4v) is 10.7. The van der Waals surface area contributed by atoms with E-state index in [0.29, 0.717) is 6.42 Å². The van der Waals surface area contributed by atoms with Crippen molar-refractivity contribution in [3.8, 4) is 17.6 Å². The Balaban J connectivity index is 1.23. The predicted octanol–water partition coefficient (Wildman–Crippen LogP) is 12.1. The minimum atomic E-state index is -1.57. The molecule has 308 valence electrons. The van der Waals surface area contributed by atoms with Crippen LogP contribution in [0.4, 0.5) is 0 Å². The Hall–Kier alpha value is -5.10. The fraction of sp³-hybridized carbons (Fsp3) is 0.314. The number of methoxy groups -OCH3 is 2. The molecule has 1 saturated heterocycles. The minimum Gasteiger partial charge on any atom is -0.497 e. The Labute approximate surface area is 354 Å². The first-order valence-electron chi connectivity index (χ1n) is 20.8. The molecule has 1 aliphatic heterocycles. The molecule has 9 heteroatoms. The maximum Gasteiger partial charge on any atom is 0.259 e. The van der Waals surface area contributed by atoms with Gasteiger partial charge in [0.2, 0.25) is 0 Å². The first-order valence-corrected chi connectivity index (χ1v) is 21.9. The molecule has 0 aromatic heterocycles. The molecule has 0 aliphatic carbocycles. The van der Waals surface area contributed by atoms with Crippen molar-refractivity contribution in [3.05, 3.63) is 156 Å². The van der Waals surface area contributed by atoms with Crippen LogP contribution in [0.5, 0.6) is 11.5 Å². The number of hydrogen-bond donors (Lipinski definition) is 0. The van der Waals surface area contributed by atoms with Crippen LogP contribution in [0.3, 0.4) is 0 Å². The van der Waals surface area contributed by atoms with Crippen LogP contribution in [0.15, 0.2) is 133 Å². The number of nitrogens with zero attached hydrogens (tertiary/aromatic N) is 2. The molecule has 1 aliphatic rings. The highest BCUT2D eigenvalue weighted by Crippen LogP contribution is 2.52. The summed E-state index contributed by atoms with van der Waals surface area (Å²) in [7, 11) is 1.78. The number of benzene rings is 7. The third kappa shape index (κ3) is 8.07. The average Bonchev–Trinajstić information content (AvgIpc) is 3.68. The molecule has 1 fully saturated rings. The molecule has 0 N–H and O–H groups in total. The molecule has 0 spiro atoms. The second kappa shape index (κ2) is 18.3. The van der Waals surface area contributed by atoms with Crippen LogP contribution in [-0.4, -0.2) is 56.4 Å². The Morgan fingerprint density at radius 2 is 1.27 bits per heavy atom. The van der Waals surface area contributed by atoms with E-state index in [9.17, 15) is 5.26 Å². The molecule has 0 amide bonds. The summed E-state index contributed by atoms with van der Waals surface area (Å²) in [5.74, 6) is 1.51. The van der Waals surface area contributed by atoms with Crippen molar-refractivity contribution in [1.82, 2.24) is 4.67 Å². The molecule has 0 saturated carbocycles. The van der Waals surface area contributed by atoms with Gasteiger partial charge >= 0.3 is 0 Å². The summed E-state index contributed by atoms with van der Waals surface area (Å²) in [6, 6.07) is 48.8. The standard InChI is InChI=1S/C51H53N2O6P/c1-34(2)53(35(3)4)60(57-31-11-30-52)59-47-32-46(44-28-18-38-17-16-36-12-10-13-37-19-29-45(44)50(38)49(36)37)58-48(47)33-56-51(39-14-8-7-9-15-39,40-20-24-42(54-5)25-21-40)41-22-26-43(55-6)27-23-41/h7-10,12-29,34-35,46-48H,11,31-33H2,1-6H3/t46-,47-,48+,60?/m0/s1. The molecule has 0 radical (unpaired) electrons. The summed E-state index contributed by atoms with van der Waals surface area (Å²) in [4.78, 5) is 0. The van der Waals surface area contributed by atoms with E-state index >= 15 is 0 Å². The zero-order chi connectivity index (χ0) is 41.8. The van der Waals surface area contributed by atoms with Crippen LogP contribution in [0.1, 0.15) is 68.9 Å². The molecule has 7 aromatic rings. The number of hydrogen-bond acceptors (Lipinski definition) is 8. The summed E-state index contributed by atoms with van der Waals surface area (Å²) < 4.78 is 41.9. The maximum absolute atomic E-state index is 9.47. The van der Waals surface area contributed by atoms with Crippen LogP contribution in [0.2, 0.25) is 0 Å². The van der Waals surface area contributed by atoms with Crippen LogP contribution in [0, 0.1) is 11.3 Å². The molecular weight excluding hydrogens is 768 g/mol. The highest BCUT2D eigenvalue weighted by Gasteiger charge is 2.45. The van der Waals surface area contributed by atoms with Crippen molar-refractivity contribution < 1.29 is 28.0 Å². The van der Waals surface area contributed by atoms with Crippen LogP contribution in [-0.2, 0) is 24.1 Å². The van der Waals surface area contributed by atoms with E-state index in [1.807, 2.05) is 42.5 Å². The maximum atomic E-state index is 9.47. The SMILES string of the molecule is COc1ccc(C(OC[C@H]2O[C@H](c3ccc4ccc5cccc6ccc3c4c56)C[C@@H]2OP(OCCC#N)N(C(C)C)C(C)C)(c2ccccc2)c2ccc(OC)cc2)cc1. The van der Waals surface area contributed by atoms with Gasteiger partial charge in [0.15, 0.2) is 0 Å². The number of ether oxygens (including phenoxy) is 4. The van der Waals surface area contributed by atoms with E-state index in [0.717, 1.165) is 33.8 Å². The van der Waals surface area contributed by atoms with Crippen molar-refractivity contribution in [2.75, 3.05) is 27.4 Å². The van der Waals surface area contributed by atoms with Crippen molar-refractivity contribution in [2.24, 2.45) is 0 Å². The lowest BCUT2D eigenvalue weighted by Crippen LogP contribution is -2.39. The number of nitriles is 1. The van der Waals surface area contributed by atoms with E-state index in [1.54, 1.807) is 14.2 Å². The summed E-state index contributed by atoms with van der Waals surface area (Å²) >= 11 is 0. The summed E-state index contributed by atoms with van der Waals surface area (Å²) in [6.07, 6.45) is -0.315. The average molecular weight is 821 g/mol. The Kier molecular flexibility index (Phi) is 12.7. The van der Waals surface area contributed by atoms with Gasteiger partial charge in [-0.1, -0.05) is 109 Å². The van der Waals surface area contributed by atoms with E-state index < -0.39 is 26.3 Å². The summed E-state index contributed by atoms with van der Waals surface area (Å²) in [5, 5.41) is 16.8.